The van der Waals surface area contributed by atoms with Gasteiger partial charge < -0.3 is 10.6 Å². The third-order valence-electron chi connectivity index (χ3n) is 5.29. The van der Waals surface area contributed by atoms with Crippen LogP contribution in [0, 0.1) is 5.92 Å². The van der Waals surface area contributed by atoms with Gasteiger partial charge in [0.05, 0.1) is 4.90 Å². The molecule has 0 bridgehead atoms. The molecule has 170 valence electrons. The molecule has 0 radical (unpaired) electrons. The number of nitrogens with one attached hydrogen (secondary N) is 2. The molecule has 2 aromatic rings. The highest BCUT2D eigenvalue weighted by molar-refractivity contribution is 7.89. The van der Waals surface area contributed by atoms with E-state index >= 15 is 0 Å². The van der Waals surface area contributed by atoms with Gasteiger partial charge in [0.15, 0.2) is 0 Å². The Morgan fingerprint density at radius 3 is 2.19 bits per heavy atom. The molecular weight excluding hydrogens is 426 g/mol. The van der Waals surface area contributed by atoms with Crippen molar-refractivity contribution in [3.05, 3.63) is 65.7 Å². The SMILES string of the molecule is CCN(CC)S(=O)(=O)c1ccc(/C=C/C(=O)NCc2ccc(NC(=O)C3CC3)cc2)cc1. The van der Waals surface area contributed by atoms with Crippen LogP contribution in [0.15, 0.2) is 59.5 Å². The average molecular weight is 456 g/mol. The minimum absolute atomic E-state index is 0.0647. The third-order valence-corrected chi connectivity index (χ3v) is 7.35. The third kappa shape index (κ3) is 6.27. The Bertz CT molecular complexity index is 1070. The number of anilines is 1. The summed E-state index contributed by atoms with van der Waals surface area (Å²) in [5.41, 5.74) is 2.40. The summed E-state index contributed by atoms with van der Waals surface area (Å²) in [6, 6.07) is 13.8. The topological polar surface area (TPSA) is 95.6 Å². The summed E-state index contributed by atoms with van der Waals surface area (Å²) in [7, 11) is -3.49. The van der Waals surface area contributed by atoms with Crippen molar-refractivity contribution in [2.24, 2.45) is 5.92 Å². The van der Waals surface area contributed by atoms with Crippen LogP contribution < -0.4 is 10.6 Å². The fourth-order valence-corrected chi connectivity index (χ4v) is 4.64. The van der Waals surface area contributed by atoms with Crippen LogP contribution in [0.5, 0.6) is 0 Å². The number of rotatable bonds is 10. The summed E-state index contributed by atoms with van der Waals surface area (Å²) >= 11 is 0. The smallest absolute Gasteiger partial charge is 0.244 e. The number of nitrogens with zero attached hydrogens (tertiary/aromatic N) is 1. The molecule has 0 spiro atoms. The van der Waals surface area contributed by atoms with E-state index in [0.29, 0.717) is 19.6 Å². The number of hydrogen-bond acceptors (Lipinski definition) is 4. The van der Waals surface area contributed by atoms with Crippen molar-refractivity contribution in [3.63, 3.8) is 0 Å². The van der Waals surface area contributed by atoms with Gasteiger partial charge >= 0.3 is 0 Å². The van der Waals surface area contributed by atoms with Gasteiger partial charge in [-0.1, -0.05) is 38.1 Å². The van der Waals surface area contributed by atoms with Gasteiger partial charge in [0.25, 0.3) is 0 Å². The van der Waals surface area contributed by atoms with E-state index in [-0.39, 0.29) is 22.6 Å². The Labute approximate surface area is 189 Å². The molecule has 0 unspecified atom stereocenters. The molecule has 0 aromatic heterocycles. The zero-order valence-electron chi connectivity index (χ0n) is 18.4. The standard InChI is InChI=1S/C24H29N3O4S/c1-3-27(4-2)32(30,31)22-14-7-18(8-15-22)9-16-23(28)25-17-19-5-12-21(13-6-19)26-24(29)20-10-11-20/h5-9,12-16,20H,3-4,10-11,17H2,1-2H3,(H,25,28)(H,26,29)/b16-9+. The highest BCUT2D eigenvalue weighted by Gasteiger charge is 2.29. The molecular formula is C24H29N3O4S. The number of sulfonamides is 1. The summed E-state index contributed by atoms with van der Waals surface area (Å²) in [6.45, 7) is 4.80. The van der Waals surface area contributed by atoms with Crippen molar-refractivity contribution in [1.29, 1.82) is 0 Å². The molecule has 2 N–H and O–H groups in total. The Morgan fingerprint density at radius 1 is 1.00 bits per heavy atom. The van der Waals surface area contributed by atoms with E-state index in [1.807, 2.05) is 24.3 Å². The van der Waals surface area contributed by atoms with Gasteiger partial charge in [0, 0.05) is 37.3 Å². The highest BCUT2D eigenvalue weighted by Crippen LogP contribution is 2.30. The van der Waals surface area contributed by atoms with Gasteiger partial charge in [-0.25, -0.2) is 8.42 Å². The van der Waals surface area contributed by atoms with E-state index in [2.05, 4.69) is 10.6 Å². The molecule has 0 heterocycles. The summed E-state index contributed by atoms with van der Waals surface area (Å²) in [5.74, 6) is -0.0328. The Hall–Kier alpha value is -2.97. The second-order valence-corrected chi connectivity index (χ2v) is 9.61. The molecule has 32 heavy (non-hydrogen) atoms. The second-order valence-electron chi connectivity index (χ2n) is 7.67. The summed E-state index contributed by atoms with van der Waals surface area (Å²) < 4.78 is 26.4. The van der Waals surface area contributed by atoms with Crippen molar-refractivity contribution in [2.45, 2.75) is 38.1 Å². The van der Waals surface area contributed by atoms with E-state index in [9.17, 15) is 18.0 Å². The molecule has 3 rings (SSSR count). The lowest BCUT2D eigenvalue weighted by molar-refractivity contribution is -0.117. The zero-order chi connectivity index (χ0) is 23.1. The normalized spacial score (nSPS) is 14.0. The van der Waals surface area contributed by atoms with E-state index in [0.717, 1.165) is 29.7 Å². The number of carbonyl (C=O) groups is 2. The lowest BCUT2D eigenvalue weighted by atomic mass is 10.2. The van der Waals surface area contributed by atoms with Gasteiger partial charge in [0.2, 0.25) is 21.8 Å². The first-order valence-corrected chi connectivity index (χ1v) is 12.2. The molecule has 7 nitrogen and oxygen atoms in total. The lowest BCUT2D eigenvalue weighted by Crippen LogP contribution is -2.30. The van der Waals surface area contributed by atoms with Gasteiger partial charge in [0.1, 0.15) is 0 Å². The molecule has 1 fully saturated rings. The number of amides is 2. The predicted octanol–water partition coefficient (Wildman–Crippen LogP) is 3.40. The van der Waals surface area contributed by atoms with Crippen LogP contribution in [0.25, 0.3) is 6.08 Å². The number of benzene rings is 2. The van der Waals surface area contributed by atoms with Crippen LogP contribution in [0.3, 0.4) is 0 Å². The Balaban J connectivity index is 1.50. The van der Waals surface area contributed by atoms with Crippen LogP contribution in [-0.2, 0) is 26.2 Å². The van der Waals surface area contributed by atoms with Gasteiger partial charge in [-0.05, 0) is 54.3 Å². The number of hydrogen-bond donors (Lipinski definition) is 2. The van der Waals surface area contributed by atoms with Crippen molar-refractivity contribution in [3.8, 4) is 0 Å². The minimum atomic E-state index is -3.49. The maximum Gasteiger partial charge on any atom is 0.244 e. The van der Waals surface area contributed by atoms with Crippen molar-refractivity contribution in [1.82, 2.24) is 9.62 Å². The van der Waals surface area contributed by atoms with Crippen molar-refractivity contribution < 1.29 is 18.0 Å². The first-order chi connectivity index (χ1) is 15.3. The summed E-state index contributed by atoms with van der Waals surface area (Å²) in [5, 5.41) is 5.69. The molecule has 2 aromatic carbocycles. The van der Waals surface area contributed by atoms with Crippen LogP contribution in [0.1, 0.15) is 37.8 Å². The number of carbonyl (C=O) groups excluding carboxylic acids is 2. The van der Waals surface area contributed by atoms with Crippen molar-refractivity contribution in [2.75, 3.05) is 18.4 Å². The maximum absolute atomic E-state index is 12.5. The van der Waals surface area contributed by atoms with Gasteiger partial charge in [-0.2, -0.15) is 4.31 Å². The molecule has 1 aliphatic rings. The average Bonchev–Trinajstić information content (AvgIpc) is 3.64. The van der Waals surface area contributed by atoms with E-state index in [1.54, 1.807) is 44.2 Å². The van der Waals surface area contributed by atoms with Crippen molar-refractivity contribution >= 4 is 33.6 Å². The summed E-state index contributed by atoms with van der Waals surface area (Å²) in [4.78, 5) is 24.1. The highest BCUT2D eigenvalue weighted by atomic mass is 32.2. The Morgan fingerprint density at radius 2 is 1.62 bits per heavy atom. The quantitative estimate of drug-likeness (QED) is 0.537. The zero-order valence-corrected chi connectivity index (χ0v) is 19.2. The molecule has 8 heteroatoms. The predicted molar refractivity (Wildman–Crippen MR) is 125 cm³/mol. The molecule has 1 aliphatic carbocycles. The summed E-state index contributed by atoms with van der Waals surface area (Å²) in [6.07, 6.45) is 4.98. The van der Waals surface area contributed by atoms with Gasteiger partial charge in [-0.15, -0.1) is 0 Å². The minimum Gasteiger partial charge on any atom is -0.348 e. The Kier molecular flexibility index (Phi) is 7.82. The van der Waals surface area contributed by atoms with Crippen LogP contribution in [-0.4, -0.2) is 37.6 Å². The second kappa shape index (κ2) is 10.6. The molecule has 0 aliphatic heterocycles. The van der Waals surface area contributed by atoms with E-state index in [1.165, 1.54) is 10.4 Å². The maximum atomic E-state index is 12.5. The molecule has 0 atom stereocenters. The van der Waals surface area contributed by atoms with Crippen LogP contribution in [0.2, 0.25) is 0 Å². The fraction of sp³-hybridized carbons (Fsp3) is 0.333. The first-order valence-electron chi connectivity index (χ1n) is 10.8. The van der Waals surface area contributed by atoms with Gasteiger partial charge in [-0.3, -0.25) is 9.59 Å². The fourth-order valence-electron chi connectivity index (χ4n) is 3.18. The molecule has 0 saturated heterocycles. The lowest BCUT2D eigenvalue weighted by Gasteiger charge is -2.18. The molecule has 1 saturated carbocycles. The monoisotopic (exact) mass is 455 g/mol. The molecule has 2 amide bonds. The van der Waals surface area contributed by atoms with E-state index in [4.69, 9.17) is 0 Å². The van der Waals surface area contributed by atoms with Crippen LogP contribution in [0.4, 0.5) is 5.69 Å². The first kappa shape index (κ1) is 23.7. The van der Waals surface area contributed by atoms with E-state index < -0.39 is 10.0 Å². The largest absolute Gasteiger partial charge is 0.348 e. The van der Waals surface area contributed by atoms with Crippen LogP contribution >= 0.6 is 0 Å².